The molecule has 0 aliphatic carbocycles. The minimum Gasteiger partial charge on any atom is -0.490 e. The standard InChI is InChI=1S/C23H22N2O4S/c1-17(18-8-3-2-4-9-18)24-30(27,28)20-11-7-10-19(16-20)23(26)25-14-15-29-22-13-6-5-12-21(22)25/h2-13,16-17,24H,14-15H2,1H3. The average molecular weight is 423 g/mol. The van der Waals surface area contributed by atoms with Crippen LogP contribution < -0.4 is 14.4 Å². The Morgan fingerprint density at radius 3 is 2.53 bits per heavy atom. The van der Waals surface area contributed by atoms with Gasteiger partial charge < -0.3 is 9.64 Å². The number of ether oxygens (including phenoxy) is 1. The molecule has 30 heavy (non-hydrogen) atoms. The summed E-state index contributed by atoms with van der Waals surface area (Å²) >= 11 is 0. The second-order valence-corrected chi connectivity index (χ2v) is 8.77. The number of anilines is 1. The number of rotatable bonds is 5. The number of sulfonamides is 1. The van der Waals surface area contributed by atoms with Crippen LogP contribution in [0, 0.1) is 0 Å². The fraction of sp³-hybridized carbons (Fsp3) is 0.174. The Morgan fingerprint density at radius 1 is 1.00 bits per heavy atom. The van der Waals surface area contributed by atoms with Gasteiger partial charge in [0.15, 0.2) is 0 Å². The summed E-state index contributed by atoms with van der Waals surface area (Å²) < 4.78 is 34.1. The number of nitrogens with zero attached hydrogens (tertiary/aromatic N) is 1. The molecule has 1 aliphatic heterocycles. The SMILES string of the molecule is CC(NS(=O)(=O)c1cccc(C(=O)N2CCOc3ccccc32)c1)c1ccccc1. The van der Waals surface area contributed by atoms with Gasteiger partial charge >= 0.3 is 0 Å². The molecule has 0 fully saturated rings. The van der Waals surface area contributed by atoms with Crippen LogP contribution in [0.4, 0.5) is 5.69 Å². The highest BCUT2D eigenvalue weighted by atomic mass is 32.2. The van der Waals surface area contributed by atoms with Crippen LogP contribution in [-0.2, 0) is 10.0 Å². The number of carbonyl (C=O) groups is 1. The van der Waals surface area contributed by atoms with Crippen LogP contribution in [0.1, 0.15) is 28.9 Å². The number of para-hydroxylation sites is 2. The number of hydrogen-bond acceptors (Lipinski definition) is 4. The third-order valence-electron chi connectivity index (χ3n) is 5.00. The normalized spacial score (nSPS) is 14.5. The first kappa shape index (κ1) is 20.1. The van der Waals surface area contributed by atoms with E-state index in [-0.39, 0.29) is 10.8 Å². The van der Waals surface area contributed by atoms with Gasteiger partial charge in [0.1, 0.15) is 12.4 Å². The van der Waals surface area contributed by atoms with Gasteiger partial charge in [0.2, 0.25) is 10.0 Å². The Labute approximate surface area is 176 Å². The van der Waals surface area contributed by atoms with Crippen molar-refractivity contribution in [2.24, 2.45) is 0 Å². The second-order valence-electron chi connectivity index (χ2n) is 7.05. The Hall–Kier alpha value is -3.16. The summed E-state index contributed by atoms with van der Waals surface area (Å²) in [6.45, 7) is 2.57. The van der Waals surface area contributed by atoms with E-state index in [1.54, 1.807) is 24.0 Å². The van der Waals surface area contributed by atoms with Gasteiger partial charge in [0.05, 0.1) is 17.1 Å². The highest BCUT2D eigenvalue weighted by molar-refractivity contribution is 7.89. The van der Waals surface area contributed by atoms with E-state index in [9.17, 15) is 13.2 Å². The summed E-state index contributed by atoms with van der Waals surface area (Å²) in [4.78, 5) is 14.8. The van der Waals surface area contributed by atoms with Crippen molar-refractivity contribution < 1.29 is 17.9 Å². The van der Waals surface area contributed by atoms with Gasteiger partial charge in [-0.25, -0.2) is 13.1 Å². The Balaban J connectivity index is 1.59. The molecule has 1 aliphatic rings. The molecule has 3 aromatic rings. The largest absolute Gasteiger partial charge is 0.490 e. The topological polar surface area (TPSA) is 75.7 Å². The van der Waals surface area contributed by atoms with Crippen molar-refractivity contribution in [1.82, 2.24) is 4.72 Å². The fourth-order valence-corrected chi connectivity index (χ4v) is 4.72. The molecule has 0 bridgehead atoms. The van der Waals surface area contributed by atoms with Crippen molar-refractivity contribution in [3.05, 3.63) is 90.0 Å². The summed E-state index contributed by atoms with van der Waals surface area (Å²) in [6.07, 6.45) is 0. The zero-order valence-corrected chi connectivity index (χ0v) is 17.3. The summed E-state index contributed by atoms with van der Waals surface area (Å²) in [5.74, 6) is 0.373. The lowest BCUT2D eigenvalue weighted by atomic mass is 10.1. The Morgan fingerprint density at radius 2 is 1.73 bits per heavy atom. The smallest absolute Gasteiger partial charge is 0.258 e. The number of carbonyl (C=O) groups excluding carboxylic acids is 1. The van der Waals surface area contributed by atoms with E-state index in [0.29, 0.717) is 30.2 Å². The molecule has 1 heterocycles. The van der Waals surface area contributed by atoms with E-state index < -0.39 is 16.1 Å². The Bertz CT molecular complexity index is 1160. The molecule has 3 aromatic carbocycles. The lowest BCUT2D eigenvalue weighted by Gasteiger charge is -2.29. The first-order valence-electron chi connectivity index (χ1n) is 9.67. The summed E-state index contributed by atoms with van der Waals surface area (Å²) in [5.41, 5.74) is 1.85. The molecule has 0 spiro atoms. The third-order valence-corrected chi connectivity index (χ3v) is 6.53. The molecular formula is C23H22N2O4S. The maximum Gasteiger partial charge on any atom is 0.258 e. The van der Waals surface area contributed by atoms with Gasteiger partial charge in [-0.1, -0.05) is 48.5 Å². The molecule has 154 valence electrons. The molecule has 1 amide bonds. The van der Waals surface area contributed by atoms with Gasteiger partial charge in [-0.15, -0.1) is 0 Å². The van der Waals surface area contributed by atoms with E-state index in [1.807, 2.05) is 54.6 Å². The first-order valence-corrected chi connectivity index (χ1v) is 11.1. The quantitative estimate of drug-likeness (QED) is 0.679. The van der Waals surface area contributed by atoms with Crippen LogP contribution in [0.5, 0.6) is 5.75 Å². The molecule has 0 saturated heterocycles. The van der Waals surface area contributed by atoms with Crippen molar-refractivity contribution in [3.63, 3.8) is 0 Å². The number of hydrogen-bond donors (Lipinski definition) is 1. The predicted octanol–water partition coefficient (Wildman–Crippen LogP) is 3.77. The van der Waals surface area contributed by atoms with Gasteiger partial charge in [-0.2, -0.15) is 0 Å². The molecule has 4 rings (SSSR count). The van der Waals surface area contributed by atoms with Crippen LogP contribution in [0.2, 0.25) is 0 Å². The lowest BCUT2D eigenvalue weighted by molar-refractivity contribution is 0.0976. The highest BCUT2D eigenvalue weighted by Crippen LogP contribution is 2.32. The van der Waals surface area contributed by atoms with Gasteiger partial charge in [0, 0.05) is 11.6 Å². The monoisotopic (exact) mass is 422 g/mol. The molecule has 0 aromatic heterocycles. The molecular weight excluding hydrogens is 400 g/mol. The lowest BCUT2D eigenvalue weighted by Crippen LogP contribution is -2.38. The molecule has 6 nitrogen and oxygen atoms in total. The highest BCUT2D eigenvalue weighted by Gasteiger charge is 2.26. The molecule has 0 radical (unpaired) electrons. The zero-order valence-electron chi connectivity index (χ0n) is 16.5. The van der Waals surface area contributed by atoms with E-state index >= 15 is 0 Å². The van der Waals surface area contributed by atoms with Crippen molar-refractivity contribution in [3.8, 4) is 5.75 Å². The van der Waals surface area contributed by atoms with E-state index in [4.69, 9.17) is 4.74 Å². The van der Waals surface area contributed by atoms with E-state index in [0.717, 1.165) is 5.56 Å². The minimum atomic E-state index is -3.80. The van der Waals surface area contributed by atoms with Gasteiger partial charge in [0.25, 0.3) is 5.91 Å². The molecule has 0 saturated carbocycles. The van der Waals surface area contributed by atoms with Crippen molar-refractivity contribution >= 4 is 21.6 Å². The fourth-order valence-electron chi connectivity index (χ4n) is 3.44. The maximum atomic E-state index is 13.1. The van der Waals surface area contributed by atoms with E-state index in [2.05, 4.69) is 4.72 Å². The predicted molar refractivity (Wildman–Crippen MR) is 115 cm³/mol. The zero-order chi connectivity index (χ0) is 21.1. The molecule has 7 heteroatoms. The Kier molecular flexibility index (Phi) is 5.57. The number of amides is 1. The van der Waals surface area contributed by atoms with Gasteiger partial charge in [-0.3, -0.25) is 4.79 Å². The van der Waals surface area contributed by atoms with Crippen molar-refractivity contribution in [1.29, 1.82) is 0 Å². The number of fused-ring (bicyclic) bond motifs is 1. The van der Waals surface area contributed by atoms with Crippen LogP contribution in [0.25, 0.3) is 0 Å². The first-order chi connectivity index (χ1) is 14.5. The summed E-state index contributed by atoms with van der Waals surface area (Å²) in [5, 5.41) is 0. The van der Waals surface area contributed by atoms with Gasteiger partial charge in [-0.05, 0) is 42.8 Å². The van der Waals surface area contributed by atoms with Crippen LogP contribution in [0.15, 0.2) is 83.8 Å². The summed E-state index contributed by atoms with van der Waals surface area (Å²) in [7, 11) is -3.80. The molecule has 1 unspecified atom stereocenters. The molecule has 1 N–H and O–H groups in total. The summed E-state index contributed by atoms with van der Waals surface area (Å²) in [6, 6.07) is 22.4. The third kappa shape index (κ3) is 4.08. The number of benzene rings is 3. The van der Waals surface area contributed by atoms with Crippen LogP contribution >= 0.6 is 0 Å². The van der Waals surface area contributed by atoms with Crippen molar-refractivity contribution in [2.75, 3.05) is 18.1 Å². The van der Waals surface area contributed by atoms with Crippen LogP contribution in [0.3, 0.4) is 0 Å². The second kappa shape index (κ2) is 8.30. The maximum absolute atomic E-state index is 13.1. The minimum absolute atomic E-state index is 0.0534. The van der Waals surface area contributed by atoms with Crippen LogP contribution in [-0.4, -0.2) is 27.5 Å². The number of nitrogens with one attached hydrogen (secondary N) is 1. The van der Waals surface area contributed by atoms with E-state index in [1.165, 1.54) is 12.1 Å². The average Bonchev–Trinajstić information content (AvgIpc) is 2.78. The molecule has 1 atom stereocenters. The van der Waals surface area contributed by atoms with Crippen molar-refractivity contribution in [2.45, 2.75) is 17.9 Å².